The standard InChI is InChI=1S/C24H25N5O2S/c1-4-29(5-2)18-10-6-17(7-11-18)22-26-20(16-8-12-19(31-3)13-9-16)21(27-22)23(30)28-24-25-14-15-32-24/h6-15H,4-5H2,1-3H3,(H,26,27)(H,25,28,30). The second-order valence-corrected chi connectivity index (χ2v) is 7.94. The summed E-state index contributed by atoms with van der Waals surface area (Å²) in [6.45, 7) is 6.16. The third-order valence-corrected chi connectivity index (χ3v) is 5.91. The number of nitrogens with zero attached hydrogens (tertiary/aromatic N) is 3. The molecule has 0 saturated carbocycles. The van der Waals surface area contributed by atoms with Crippen LogP contribution in [0.1, 0.15) is 24.3 Å². The lowest BCUT2D eigenvalue weighted by atomic mass is 10.1. The quantitative estimate of drug-likeness (QED) is 0.383. The predicted molar refractivity (Wildman–Crippen MR) is 130 cm³/mol. The van der Waals surface area contributed by atoms with Crippen molar-refractivity contribution >= 4 is 28.1 Å². The highest BCUT2D eigenvalue weighted by Gasteiger charge is 2.21. The lowest BCUT2D eigenvalue weighted by molar-refractivity contribution is 0.102. The number of anilines is 2. The minimum atomic E-state index is -0.312. The number of benzene rings is 2. The zero-order chi connectivity index (χ0) is 22.5. The fraction of sp³-hybridized carbons (Fsp3) is 0.208. The summed E-state index contributed by atoms with van der Waals surface area (Å²) in [7, 11) is 1.62. The van der Waals surface area contributed by atoms with Crippen molar-refractivity contribution in [3.8, 4) is 28.4 Å². The van der Waals surface area contributed by atoms with Gasteiger partial charge in [0, 0.05) is 41.5 Å². The van der Waals surface area contributed by atoms with Crippen molar-refractivity contribution in [2.24, 2.45) is 0 Å². The smallest absolute Gasteiger partial charge is 0.278 e. The van der Waals surface area contributed by atoms with Gasteiger partial charge in [-0.15, -0.1) is 11.3 Å². The Morgan fingerprint density at radius 3 is 2.34 bits per heavy atom. The number of hydrogen-bond donors (Lipinski definition) is 2. The molecule has 7 nitrogen and oxygen atoms in total. The molecule has 0 radical (unpaired) electrons. The van der Waals surface area contributed by atoms with E-state index < -0.39 is 0 Å². The number of aromatic nitrogens is 3. The van der Waals surface area contributed by atoms with Gasteiger partial charge < -0.3 is 14.6 Å². The van der Waals surface area contributed by atoms with Crippen LogP contribution in [0.25, 0.3) is 22.6 Å². The van der Waals surface area contributed by atoms with Gasteiger partial charge in [0.1, 0.15) is 11.6 Å². The molecule has 4 rings (SSSR count). The number of thiazole rings is 1. The van der Waals surface area contributed by atoms with E-state index in [2.05, 4.69) is 51.1 Å². The summed E-state index contributed by atoms with van der Waals surface area (Å²) in [5, 5.41) is 5.17. The van der Waals surface area contributed by atoms with Crippen LogP contribution in [0.2, 0.25) is 0 Å². The van der Waals surface area contributed by atoms with E-state index in [9.17, 15) is 4.79 Å². The van der Waals surface area contributed by atoms with Gasteiger partial charge in [0.15, 0.2) is 10.8 Å². The maximum atomic E-state index is 13.0. The monoisotopic (exact) mass is 447 g/mol. The fourth-order valence-electron chi connectivity index (χ4n) is 3.50. The van der Waals surface area contributed by atoms with Crippen molar-refractivity contribution in [2.45, 2.75) is 13.8 Å². The second kappa shape index (κ2) is 9.65. The van der Waals surface area contributed by atoms with E-state index in [1.807, 2.05) is 41.8 Å². The van der Waals surface area contributed by atoms with Crippen molar-refractivity contribution < 1.29 is 9.53 Å². The summed E-state index contributed by atoms with van der Waals surface area (Å²) in [4.78, 5) is 27.5. The maximum absolute atomic E-state index is 13.0. The van der Waals surface area contributed by atoms with Crippen LogP contribution in [-0.4, -0.2) is 41.1 Å². The highest BCUT2D eigenvalue weighted by atomic mass is 32.1. The Morgan fingerprint density at radius 1 is 1.06 bits per heavy atom. The third-order valence-electron chi connectivity index (χ3n) is 5.22. The Kier molecular flexibility index (Phi) is 6.51. The molecule has 0 unspecified atom stereocenters. The van der Waals surface area contributed by atoms with Crippen molar-refractivity contribution in [1.29, 1.82) is 0 Å². The molecule has 8 heteroatoms. The fourth-order valence-corrected chi connectivity index (χ4v) is 4.03. The van der Waals surface area contributed by atoms with Crippen LogP contribution in [0.5, 0.6) is 5.75 Å². The zero-order valence-corrected chi connectivity index (χ0v) is 19.1. The molecule has 0 fully saturated rings. The average molecular weight is 448 g/mol. The van der Waals surface area contributed by atoms with Crippen molar-refractivity contribution in [2.75, 3.05) is 30.4 Å². The van der Waals surface area contributed by atoms with Gasteiger partial charge in [-0.3, -0.25) is 10.1 Å². The molecular weight excluding hydrogens is 422 g/mol. The average Bonchev–Trinajstić information content (AvgIpc) is 3.51. The van der Waals surface area contributed by atoms with Crippen LogP contribution < -0.4 is 15.0 Å². The number of hydrogen-bond acceptors (Lipinski definition) is 6. The minimum Gasteiger partial charge on any atom is -0.497 e. The number of nitrogens with one attached hydrogen (secondary N) is 2. The molecular formula is C24H25N5O2S. The largest absolute Gasteiger partial charge is 0.497 e. The molecule has 2 aromatic heterocycles. The van der Waals surface area contributed by atoms with E-state index in [-0.39, 0.29) is 5.91 Å². The van der Waals surface area contributed by atoms with Gasteiger partial charge in [-0.2, -0.15) is 0 Å². The first-order valence-electron chi connectivity index (χ1n) is 10.4. The first-order chi connectivity index (χ1) is 15.6. The molecule has 2 heterocycles. The number of rotatable bonds is 8. The number of ether oxygens (including phenoxy) is 1. The van der Waals surface area contributed by atoms with Crippen LogP contribution in [0.4, 0.5) is 10.8 Å². The van der Waals surface area contributed by atoms with Crippen molar-refractivity contribution in [3.63, 3.8) is 0 Å². The number of carbonyl (C=O) groups excluding carboxylic acids is 1. The van der Waals surface area contributed by atoms with E-state index >= 15 is 0 Å². The second-order valence-electron chi connectivity index (χ2n) is 7.05. The predicted octanol–water partition coefficient (Wildman–Crippen LogP) is 5.31. The van der Waals surface area contributed by atoms with E-state index in [0.29, 0.717) is 22.3 Å². The zero-order valence-electron chi connectivity index (χ0n) is 18.3. The molecule has 0 spiro atoms. The molecule has 1 amide bonds. The van der Waals surface area contributed by atoms with Crippen LogP contribution in [0, 0.1) is 0 Å². The van der Waals surface area contributed by atoms with Gasteiger partial charge in [0.25, 0.3) is 5.91 Å². The SMILES string of the molecule is CCN(CC)c1ccc(-c2nc(C(=O)Nc3nccs3)c(-c3ccc(OC)cc3)[nH]2)cc1. The van der Waals surface area contributed by atoms with Crippen LogP contribution in [0.15, 0.2) is 60.1 Å². The highest BCUT2D eigenvalue weighted by molar-refractivity contribution is 7.13. The Balaban J connectivity index is 1.72. The lowest BCUT2D eigenvalue weighted by Crippen LogP contribution is -2.21. The third kappa shape index (κ3) is 4.50. The number of amides is 1. The van der Waals surface area contributed by atoms with Crippen molar-refractivity contribution in [1.82, 2.24) is 15.0 Å². The Hall–Kier alpha value is -3.65. The summed E-state index contributed by atoms with van der Waals surface area (Å²) in [5.74, 6) is 1.06. The molecule has 0 aliphatic carbocycles. The number of H-pyrrole nitrogens is 1. The van der Waals surface area contributed by atoms with Gasteiger partial charge in [-0.25, -0.2) is 9.97 Å². The minimum absolute atomic E-state index is 0.312. The first-order valence-corrected chi connectivity index (χ1v) is 11.3. The number of imidazole rings is 1. The molecule has 2 aromatic carbocycles. The van der Waals surface area contributed by atoms with Crippen molar-refractivity contribution in [3.05, 3.63) is 65.8 Å². The van der Waals surface area contributed by atoms with Gasteiger partial charge in [-0.1, -0.05) is 0 Å². The van der Waals surface area contributed by atoms with E-state index in [1.165, 1.54) is 11.3 Å². The summed E-state index contributed by atoms with van der Waals surface area (Å²) >= 11 is 1.36. The summed E-state index contributed by atoms with van der Waals surface area (Å²) in [5.41, 5.74) is 3.86. The molecule has 164 valence electrons. The number of aromatic amines is 1. The van der Waals surface area contributed by atoms with Crippen LogP contribution in [0.3, 0.4) is 0 Å². The van der Waals surface area contributed by atoms with E-state index in [4.69, 9.17) is 4.74 Å². The molecule has 0 aliphatic rings. The van der Waals surface area contributed by atoms with Crippen LogP contribution >= 0.6 is 11.3 Å². The molecule has 0 bridgehead atoms. The Labute approximate surface area is 191 Å². The van der Waals surface area contributed by atoms with Gasteiger partial charge in [0.05, 0.1) is 12.8 Å². The Morgan fingerprint density at radius 2 is 1.75 bits per heavy atom. The first kappa shape index (κ1) is 21.6. The van der Waals surface area contributed by atoms with Gasteiger partial charge >= 0.3 is 0 Å². The molecule has 0 atom stereocenters. The molecule has 4 aromatic rings. The highest BCUT2D eigenvalue weighted by Crippen LogP contribution is 2.29. The topological polar surface area (TPSA) is 83.1 Å². The van der Waals surface area contributed by atoms with E-state index in [1.54, 1.807) is 13.3 Å². The number of methoxy groups -OCH3 is 1. The molecule has 0 aliphatic heterocycles. The van der Waals surface area contributed by atoms with E-state index in [0.717, 1.165) is 35.7 Å². The lowest BCUT2D eigenvalue weighted by Gasteiger charge is -2.20. The van der Waals surface area contributed by atoms with Crippen LogP contribution in [-0.2, 0) is 0 Å². The molecule has 32 heavy (non-hydrogen) atoms. The maximum Gasteiger partial charge on any atom is 0.278 e. The number of carbonyl (C=O) groups is 1. The van der Waals surface area contributed by atoms with Gasteiger partial charge in [-0.05, 0) is 62.4 Å². The molecule has 2 N–H and O–H groups in total. The summed E-state index contributed by atoms with van der Waals surface area (Å²) < 4.78 is 5.26. The van der Waals surface area contributed by atoms with Gasteiger partial charge in [0.2, 0.25) is 0 Å². The Bertz CT molecular complexity index is 1160. The molecule has 0 saturated heterocycles. The normalized spacial score (nSPS) is 10.7. The summed E-state index contributed by atoms with van der Waals surface area (Å²) in [6, 6.07) is 15.7. The summed E-state index contributed by atoms with van der Waals surface area (Å²) in [6.07, 6.45) is 1.65.